The molecule has 10 heteroatoms. The van der Waals surface area contributed by atoms with Crippen molar-refractivity contribution in [1.82, 2.24) is 4.90 Å². The fraction of sp³-hybridized carbons (Fsp3) is 0.560. The first-order valence-corrected chi connectivity index (χ1v) is 11.5. The van der Waals surface area contributed by atoms with Gasteiger partial charge in [-0.25, -0.2) is 4.79 Å². The third-order valence-corrected chi connectivity index (χ3v) is 6.02. The van der Waals surface area contributed by atoms with Gasteiger partial charge in [-0.1, -0.05) is 11.6 Å². The number of nitrogens with zero attached hydrogens (tertiary/aromatic N) is 1. The van der Waals surface area contributed by atoms with Gasteiger partial charge in [0.15, 0.2) is 5.75 Å². The van der Waals surface area contributed by atoms with Gasteiger partial charge in [0.05, 0.1) is 20.3 Å². The van der Waals surface area contributed by atoms with Crippen LogP contribution in [-0.4, -0.2) is 69.4 Å². The van der Waals surface area contributed by atoms with E-state index < -0.39 is 11.9 Å². The third-order valence-electron chi connectivity index (χ3n) is 6.02. The first-order chi connectivity index (χ1) is 16.3. The Kier molecular flexibility index (Phi) is 11.0. The Balaban J connectivity index is 0.00000432. The maximum Gasteiger partial charge on any atom is 0.342 e. The lowest BCUT2D eigenvalue weighted by Crippen LogP contribution is -2.38. The van der Waals surface area contributed by atoms with Gasteiger partial charge in [0.2, 0.25) is 0 Å². The predicted octanol–water partition coefficient (Wildman–Crippen LogP) is 3.17. The number of cyclic esters (lactones) is 1. The van der Waals surface area contributed by atoms with E-state index in [9.17, 15) is 14.4 Å². The Morgan fingerprint density at radius 2 is 1.83 bits per heavy atom. The molecule has 35 heavy (non-hydrogen) atoms. The van der Waals surface area contributed by atoms with Crippen molar-refractivity contribution in [2.24, 2.45) is 0 Å². The number of morpholine rings is 1. The Labute approximate surface area is 212 Å². The van der Waals surface area contributed by atoms with Crippen molar-refractivity contribution in [1.29, 1.82) is 0 Å². The molecule has 194 valence electrons. The number of rotatable bonds is 10. The smallest absolute Gasteiger partial charge is 0.342 e. The van der Waals surface area contributed by atoms with Gasteiger partial charge < -0.3 is 23.7 Å². The van der Waals surface area contributed by atoms with Gasteiger partial charge in [0.1, 0.15) is 24.5 Å². The van der Waals surface area contributed by atoms with Crippen molar-refractivity contribution in [2.75, 3.05) is 46.6 Å². The van der Waals surface area contributed by atoms with Crippen LogP contribution in [0.4, 0.5) is 0 Å². The molecular formula is C25H34ClNO8. The highest BCUT2D eigenvalue weighted by molar-refractivity contribution is 5.99. The van der Waals surface area contributed by atoms with Crippen LogP contribution < -0.4 is 9.47 Å². The minimum absolute atomic E-state index is 0. The first kappa shape index (κ1) is 28.6. The molecule has 0 N–H and O–H groups in total. The Bertz CT molecular complexity index is 969. The standard InChI is InChI=1S/C25H33NO8.ClH/c1-16(6-8-21(28)32-14-11-26-9-12-31-13-10-26)5-7-19-23(30-4)17(2)20-15-33-25(29)22(20)24(19)34-18(3)27;/h5H,6-15H2,1-4H3;1H. The van der Waals surface area contributed by atoms with E-state index >= 15 is 0 Å². The fourth-order valence-electron chi connectivity index (χ4n) is 4.13. The fourth-order valence-corrected chi connectivity index (χ4v) is 4.13. The van der Waals surface area contributed by atoms with E-state index in [2.05, 4.69) is 4.90 Å². The second-order valence-corrected chi connectivity index (χ2v) is 8.42. The summed E-state index contributed by atoms with van der Waals surface area (Å²) in [4.78, 5) is 38.5. The number of halogens is 1. The summed E-state index contributed by atoms with van der Waals surface area (Å²) in [6.45, 7) is 9.41. The summed E-state index contributed by atoms with van der Waals surface area (Å²) in [6, 6.07) is 0. The van der Waals surface area contributed by atoms with Crippen molar-refractivity contribution in [3.63, 3.8) is 0 Å². The topological polar surface area (TPSA) is 101 Å². The van der Waals surface area contributed by atoms with Crippen molar-refractivity contribution < 1.29 is 38.1 Å². The predicted molar refractivity (Wildman–Crippen MR) is 130 cm³/mol. The van der Waals surface area contributed by atoms with Crippen LogP contribution >= 0.6 is 12.4 Å². The Morgan fingerprint density at radius 1 is 1.11 bits per heavy atom. The lowest BCUT2D eigenvalue weighted by Gasteiger charge is -2.26. The number of benzene rings is 1. The zero-order valence-electron chi connectivity index (χ0n) is 20.8. The summed E-state index contributed by atoms with van der Waals surface area (Å²) in [5.74, 6) is -0.553. The summed E-state index contributed by atoms with van der Waals surface area (Å²) in [7, 11) is 1.54. The first-order valence-electron chi connectivity index (χ1n) is 11.5. The minimum Gasteiger partial charge on any atom is -0.496 e. The molecule has 0 atom stereocenters. The monoisotopic (exact) mass is 511 g/mol. The molecule has 1 saturated heterocycles. The third kappa shape index (κ3) is 7.43. The zero-order valence-corrected chi connectivity index (χ0v) is 21.6. The molecular weight excluding hydrogens is 478 g/mol. The molecule has 0 aliphatic carbocycles. The van der Waals surface area contributed by atoms with Crippen molar-refractivity contribution in [3.05, 3.63) is 33.9 Å². The second kappa shape index (κ2) is 13.5. The van der Waals surface area contributed by atoms with E-state index in [1.165, 1.54) is 14.0 Å². The second-order valence-electron chi connectivity index (χ2n) is 8.42. The number of hydrogen-bond acceptors (Lipinski definition) is 9. The molecule has 2 heterocycles. The van der Waals surface area contributed by atoms with Crippen LogP contribution in [0, 0.1) is 6.92 Å². The molecule has 1 aromatic rings. The maximum atomic E-state index is 12.3. The lowest BCUT2D eigenvalue weighted by molar-refractivity contribution is -0.144. The summed E-state index contributed by atoms with van der Waals surface area (Å²) in [5.41, 5.74) is 3.30. The molecule has 0 spiro atoms. The van der Waals surface area contributed by atoms with E-state index in [0.717, 1.165) is 24.2 Å². The van der Waals surface area contributed by atoms with Gasteiger partial charge in [-0.15, -0.1) is 12.4 Å². The molecule has 1 aromatic carbocycles. The molecule has 9 nitrogen and oxygen atoms in total. The molecule has 0 aromatic heterocycles. The van der Waals surface area contributed by atoms with Gasteiger partial charge in [-0.2, -0.15) is 0 Å². The van der Waals surface area contributed by atoms with Crippen LogP contribution in [0.5, 0.6) is 11.5 Å². The van der Waals surface area contributed by atoms with Crippen LogP contribution in [0.25, 0.3) is 0 Å². The maximum absolute atomic E-state index is 12.3. The van der Waals surface area contributed by atoms with Crippen LogP contribution in [-0.2, 0) is 36.8 Å². The number of fused-ring (bicyclic) bond motifs is 1. The van der Waals surface area contributed by atoms with E-state index in [4.69, 9.17) is 23.7 Å². The summed E-state index contributed by atoms with van der Waals surface area (Å²) in [5, 5.41) is 0. The van der Waals surface area contributed by atoms with Crippen molar-refractivity contribution in [3.8, 4) is 11.5 Å². The van der Waals surface area contributed by atoms with Gasteiger partial charge in [-0.05, 0) is 32.3 Å². The quantitative estimate of drug-likeness (QED) is 0.266. The Hall–Kier alpha value is -2.62. The highest BCUT2D eigenvalue weighted by Gasteiger charge is 2.33. The van der Waals surface area contributed by atoms with E-state index in [1.807, 2.05) is 19.9 Å². The van der Waals surface area contributed by atoms with E-state index in [1.54, 1.807) is 0 Å². The van der Waals surface area contributed by atoms with Crippen LogP contribution in [0.1, 0.15) is 53.7 Å². The number of carbonyl (C=O) groups excluding carboxylic acids is 3. The summed E-state index contributed by atoms with van der Waals surface area (Å²) in [6.07, 6.45) is 3.12. The number of carbonyl (C=O) groups is 3. The van der Waals surface area contributed by atoms with Crippen LogP contribution in [0.2, 0.25) is 0 Å². The van der Waals surface area contributed by atoms with Crippen LogP contribution in [0.15, 0.2) is 11.6 Å². The highest BCUT2D eigenvalue weighted by atomic mass is 35.5. The molecule has 0 radical (unpaired) electrons. The molecule has 0 saturated carbocycles. The molecule has 3 rings (SSSR count). The molecule has 2 aliphatic heterocycles. The van der Waals surface area contributed by atoms with Crippen molar-refractivity contribution in [2.45, 2.75) is 46.6 Å². The zero-order chi connectivity index (χ0) is 24.7. The van der Waals surface area contributed by atoms with E-state index in [-0.39, 0.29) is 42.7 Å². The molecule has 0 unspecified atom stereocenters. The largest absolute Gasteiger partial charge is 0.496 e. The van der Waals surface area contributed by atoms with Gasteiger partial charge in [-0.3, -0.25) is 14.5 Å². The number of esters is 3. The van der Waals surface area contributed by atoms with Crippen molar-refractivity contribution >= 4 is 30.3 Å². The van der Waals surface area contributed by atoms with Gasteiger partial charge in [0.25, 0.3) is 0 Å². The number of hydrogen-bond donors (Lipinski definition) is 0. The highest BCUT2D eigenvalue weighted by Crippen LogP contribution is 2.43. The average Bonchev–Trinajstić information content (AvgIpc) is 3.20. The van der Waals surface area contributed by atoms with Crippen LogP contribution in [0.3, 0.4) is 0 Å². The molecule has 0 bridgehead atoms. The average molecular weight is 512 g/mol. The number of ether oxygens (including phenoxy) is 5. The minimum atomic E-state index is -0.533. The van der Waals surface area contributed by atoms with Gasteiger partial charge in [0, 0.05) is 44.1 Å². The normalized spacial score (nSPS) is 15.7. The van der Waals surface area contributed by atoms with Gasteiger partial charge >= 0.3 is 17.9 Å². The molecule has 2 aliphatic rings. The SMILES string of the molecule is COc1c(C)c2c(c(OC(C)=O)c1CC=C(C)CCC(=O)OCCN1CCOCC1)C(=O)OC2.Cl. The number of methoxy groups -OCH3 is 1. The molecule has 1 fully saturated rings. The Morgan fingerprint density at radius 3 is 2.49 bits per heavy atom. The lowest BCUT2D eigenvalue weighted by atomic mass is 9.94. The number of allylic oxidation sites excluding steroid dienone is 2. The summed E-state index contributed by atoms with van der Waals surface area (Å²) >= 11 is 0. The summed E-state index contributed by atoms with van der Waals surface area (Å²) < 4.78 is 26.9. The van der Waals surface area contributed by atoms with E-state index in [0.29, 0.717) is 56.1 Å². The molecule has 0 amide bonds.